The van der Waals surface area contributed by atoms with Crippen molar-refractivity contribution in [1.82, 2.24) is 25.4 Å². The van der Waals surface area contributed by atoms with E-state index < -0.39 is 0 Å². The number of hydrogen-bond acceptors (Lipinski definition) is 6. The summed E-state index contributed by atoms with van der Waals surface area (Å²) in [7, 11) is 0. The number of nitrogens with one attached hydrogen (secondary N) is 1. The molecule has 1 N–H and O–H groups in total. The summed E-state index contributed by atoms with van der Waals surface area (Å²) in [6, 6.07) is 0.502. The molecule has 1 atom stereocenters. The number of carbonyl (C=O) groups is 2. The predicted octanol–water partition coefficient (Wildman–Crippen LogP) is 1.61. The number of aromatic nitrogens is 2. The molecule has 2 aliphatic rings. The topological polar surface area (TPSA) is 91.6 Å². The number of likely N-dealkylation sites (N-methyl/N-ethyl adjacent to an activating group) is 1. The Balaban J connectivity index is 1.34. The Morgan fingerprint density at radius 1 is 1.19 bits per heavy atom. The molecule has 150 valence electrons. The number of hydrogen-bond donors (Lipinski definition) is 1. The molecule has 8 heteroatoms. The van der Waals surface area contributed by atoms with Crippen molar-refractivity contribution in [2.45, 2.75) is 58.4 Å². The quantitative estimate of drug-likeness (QED) is 0.776. The Hall–Kier alpha value is -1.96. The highest BCUT2D eigenvalue weighted by molar-refractivity contribution is 5.93. The van der Waals surface area contributed by atoms with Gasteiger partial charge in [0.25, 0.3) is 5.91 Å². The lowest BCUT2D eigenvalue weighted by Gasteiger charge is -2.31. The molecular weight excluding hydrogens is 346 g/mol. The van der Waals surface area contributed by atoms with E-state index in [1.54, 1.807) is 6.92 Å². The van der Waals surface area contributed by atoms with Gasteiger partial charge in [-0.25, -0.2) is 4.63 Å². The smallest absolute Gasteiger partial charge is 0.278 e. The monoisotopic (exact) mass is 377 g/mol. The van der Waals surface area contributed by atoms with Crippen molar-refractivity contribution in [2.75, 3.05) is 32.7 Å². The molecule has 0 aliphatic carbocycles. The highest BCUT2D eigenvalue weighted by Crippen LogP contribution is 2.23. The van der Waals surface area contributed by atoms with Crippen molar-refractivity contribution < 1.29 is 14.2 Å². The van der Waals surface area contributed by atoms with Crippen molar-refractivity contribution in [1.29, 1.82) is 0 Å². The van der Waals surface area contributed by atoms with E-state index in [0.717, 1.165) is 38.9 Å². The van der Waals surface area contributed by atoms with E-state index in [9.17, 15) is 9.59 Å². The number of rotatable bonds is 7. The normalized spacial score (nSPS) is 21.6. The fourth-order valence-corrected chi connectivity index (χ4v) is 4.20. The minimum atomic E-state index is -0.109. The van der Waals surface area contributed by atoms with Crippen molar-refractivity contribution in [3.63, 3.8) is 0 Å². The second-order valence-corrected chi connectivity index (χ2v) is 7.70. The lowest BCUT2D eigenvalue weighted by molar-refractivity contribution is -0.121. The first-order valence-electron chi connectivity index (χ1n) is 10.2. The number of piperidine rings is 1. The lowest BCUT2D eigenvalue weighted by Crippen LogP contribution is -2.40. The van der Waals surface area contributed by atoms with Gasteiger partial charge in [-0.15, -0.1) is 0 Å². The number of amides is 2. The van der Waals surface area contributed by atoms with Crippen LogP contribution in [0.15, 0.2) is 4.63 Å². The van der Waals surface area contributed by atoms with Crippen LogP contribution in [-0.2, 0) is 4.79 Å². The molecule has 0 spiro atoms. The number of aryl methyl sites for hydroxylation is 1. The summed E-state index contributed by atoms with van der Waals surface area (Å²) in [5.74, 6) is 0.540. The average Bonchev–Trinajstić information content (AvgIpc) is 3.32. The molecule has 0 radical (unpaired) electrons. The molecular formula is C19H31N5O3. The van der Waals surface area contributed by atoms with E-state index in [-0.39, 0.29) is 11.8 Å². The van der Waals surface area contributed by atoms with Crippen molar-refractivity contribution >= 4 is 11.8 Å². The summed E-state index contributed by atoms with van der Waals surface area (Å²) in [6.45, 7) is 8.28. The molecule has 1 aromatic heterocycles. The fourth-order valence-electron chi connectivity index (χ4n) is 4.20. The minimum absolute atomic E-state index is 0.109. The van der Waals surface area contributed by atoms with E-state index in [2.05, 4.69) is 32.1 Å². The Morgan fingerprint density at radius 2 is 1.96 bits per heavy atom. The molecule has 1 unspecified atom stereocenters. The maximum atomic E-state index is 12.4. The fraction of sp³-hybridized carbons (Fsp3) is 0.789. The van der Waals surface area contributed by atoms with Crippen LogP contribution in [0.3, 0.4) is 0 Å². The van der Waals surface area contributed by atoms with Crippen LogP contribution in [-0.4, -0.2) is 70.7 Å². The summed E-state index contributed by atoms with van der Waals surface area (Å²) in [5, 5.41) is 10.5. The Kier molecular flexibility index (Phi) is 6.82. The van der Waals surface area contributed by atoms with Gasteiger partial charge in [-0.1, -0.05) is 12.1 Å². The van der Waals surface area contributed by atoms with Crippen LogP contribution in [0, 0.1) is 12.8 Å². The highest BCUT2D eigenvalue weighted by Gasteiger charge is 2.27. The SMILES string of the molecule is CCN1CCCC1CNC(=O)CCC1CCN(C(=O)c2nonc2C)CC1. The summed E-state index contributed by atoms with van der Waals surface area (Å²) in [4.78, 5) is 28.8. The van der Waals surface area contributed by atoms with Crippen molar-refractivity contribution in [3.05, 3.63) is 11.4 Å². The largest absolute Gasteiger partial charge is 0.355 e. The Labute approximate surface area is 160 Å². The first-order chi connectivity index (χ1) is 13.1. The van der Waals surface area contributed by atoms with Crippen LogP contribution in [0.1, 0.15) is 61.6 Å². The van der Waals surface area contributed by atoms with Crippen LogP contribution in [0.4, 0.5) is 0 Å². The summed E-state index contributed by atoms with van der Waals surface area (Å²) in [6.07, 6.45) is 5.73. The third-order valence-corrected chi connectivity index (χ3v) is 5.98. The van der Waals surface area contributed by atoms with Crippen molar-refractivity contribution in [2.24, 2.45) is 5.92 Å². The third-order valence-electron chi connectivity index (χ3n) is 5.98. The zero-order valence-electron chi connectivity index (χ0n) is 16.4. The predicted molar refractivity (Wildman–Crippen MR) is 100 cm³/mol. The van der Waals surface area contributed by atoms with Crippen LogP contribution >= 0.6 is 0 Å². The van der Waals surface area contributed by atoms with Gasteiger partial charge in [0, 0.05) is 32.1 Å². The zero-order valence-corrected chi connectivity index (χ0v) is 16.4. The first kappa shape index (κ1) is 19.8. The Bertz CT molecular complexity index is 639. The van der Waals surface area contributed by atoms with Crippen LogP contribution in [0.2, 0.25) is 0 Å². The second-order valence-electron chi connectivity index (χ2n) is 7.70. The lowest BCUT2D eigenvalue weighted by atomic mass is 9.92. The van der Waals surface area contributed by atoms with E-state index in [0.29, 0.717) is 42.9 Å². The molecule has 2 fully saturated rings. The van der Waals surface area contributed by atoms with Crippen molar-refractivity contribution in [3.8, 4) is 0 Å². The summed E-state index contributed by atoms with van der Waals surface area (Å²) in [5.41, 5.74) is 0.837. The van der Waals surface area contributed by atoms with Crippen LogP contribution in [0.25, 0.3) is 0 Å². The number of nitrogens with zero attached hydrogens (tertiary/aromatic N) is 4. The third kappa shape index (κ3) is 5.06. The maximum absolute atomic E-state index is 12.4. The average molecular weight is 377 g/mol. The Morgan fingerprint density at radius 3 is 2.63 bits per heavy atom. The van der Waals surface area contributed by atoms with Gasteiger partial charge in [-0.2, -0.15) is 0 Å². The molecule has 3 rings (SSSR count). The molecule has 1 aromatic rings. The van der Waals surface area contributed by atoms with Crippen LogP contribution in [0.5, 0.6) is 0 Å². The number of carbonyl (C=O) groups excluding carboxylic acids is 2. The molecule has 8 nitrogen and oxygen atoms in total. The molecule has 2 amide bonds. The molecule has 0 bridgehead atoms. The van der Waals surface area contributed by atoms with E-state index in [1.807, 2.05) is 4.90 Å². The number of likely N-dealkylation sites (tertiary alicyclic amines) is 2. The maximum Gasteiger partial charge on any atom is 0.278 e. The van der Waals surface area contributed by atoms with Gasteiger partial charge >= 0.3 is 0 Å². The van der Waals surface area contributed by atoms with Crippen LogP contribution < -0.4 is 5.32 Å². The molecule has 0 aromatic carbocycles. The zero-order chi connectivity index (χ0) is 19.2. The molecule has 3 heterocycles. The van der Waals surface area contributed by atoms with Gasteiger partial charge in [0.1, 0.15) is 5.69 Å². The minimum Gasteiger partial charge on any atom is -0.355 e. The standard InChI is InChI=1S/C19H31N5O3/c1-3-23-10-4-5-16(23)13-20-17(25)7-6-15-8-11-24(12-9-15)19(26)18-14(2)21-27-22-18/h15-16H,3-13H2,1-2H3,(H,20,25). The summed E-state index contributed by atoms with van der Waals surface area (Å²) < 4.78 is 4.62. The molecule has 27 heavy (non-hydrogen) atoms. The van der Waals surface area contributed by atoms with E-state index in [4.69, 9.17) is 0 Å². The van der Waals surface area contributed by atoms with Gasteiger partial charge in [0.05, 0.1) is 0 Å². The summed E-state index contributed by atoms with van der Waals surface area (Å²) >= 11 is 0. The van der Waals surface area contributed by atoms with Gasteiger partial charge < -0.3 is 10.2 Å². The van der Waals surface area contributed by atoms with Gasteiger partial charge in [0.15, 0.2) is 5.69 Å². The molecule has 2 saturated heterocycles. The molecule has 2 aliphatic heterocycles. The van der Waals surface area contributed by atoms with Gasteiger partial charge in [0.2, 0.25) is 5.91 Å². The van der Waals surface area contributed by atoms with Gasteiger partial charge in [-0.05, 0) is 63.2 Å². The first-order valence-corrected chi connectivity index (χ1v) is 10.2. The van der Waals surface area contributed by atoms with E-state index in [1.165, 1.54) is 12.8 Å². The second kappa shape index (κ2) is 9.30. The molecule has 0 saturated carbocycles. The highest BCUT2D eigenvalue weighted by atomic mass is 16.6. The van der Waals surface area contributed by atoms with E-state index >= 15 is 0 Å². The van der Waals surface area contributed by atoms with Gasteiger partial charge in [-0.3, -0.25) is 14.5 Å².